The first-order chi connectivity index (χ1) is 13.4. The summed E-state index contributed by atoms with van der Waals surface area (Å²) in [5, 5.41) is 29.3. The molecule has 0 saturated carbocycles. The van der Waals surface area contributed by atoms with Gasteiger partial charge in [0.15, 0.2) is 0 Å². The fourth-order valence-electron chi connectivity index (χ4n) is 3.76. The lowest BCUT2D eigenvalue weighted by Gasteiger charge is -2.49. The van der Waals surface area contributed by atoms with Crippen LogP contribution >= 0.6 is 0 Å². The molecule has 0 spiro atoms. The maximum absolute atomic E-state index is 10.2. The molecule has 0 aliphatic heterocycles. The number of hydrogen-bond acceptors (Lipinski definition) is 7. The summed E-state index contributed by atoms with van der Waals surface area (Å²) in [5.41, 5.74) is -3.84. The average molecular weight is 458 g/mol. The Bertz CT molecular complexity index is 484. The van der Waals surface area contributed by atoms with E-state index in [4.69, 9.17) is 4.55 Å². The monoisotopic (exact) mass is 457 g/mol. The second kappa shape index (κ2) is 14.7. The number of nitrogens with zero attached hydrogens (tertiary/aromatic N) is 1. The van der Waals surface area contributed by atoms with Crippen LogP contribution in [0.3, 0.4) is 0 Å². The molecule has 4 N–H and O–H groups in total. The van der Waals surface area contributed by atoms with Crippen molar-refractivity contribution in [2.45, 2.75) is 130 Å². The predicted molar refractivity (Wildman–Crippen MR) is 120 cm³/mol. The van der Waals surface area contributed by atoms with Crippen LogP contribution in [0, 0.1) is 0 Å². The summed E-state index contributed by atoms with van der Waals surface area (Å²) in [6, 6.07) is 0. The summed E-state index contributed by atoms with van der Waals surface area (Å²) in [4.78, 5) is 1.23. The Kier molecular flexibility index (Phi) is 15.6. The lowest BCUT2D eigenvalue weighted by molar-refractivity contribution is -0.288. The Morgan fingerprint density at radius 1 is 0.667 bits per heavy atom. The van der Waals surface area contributed by atoms with Crippen molar-refractivity contribution in [1.82, 2.24) is 4.90 Å². The van der Waals surface area contributed by atoms with Crippen molar-refractivity contribution in [2.75, 3.05) is 6.61 Å². The summed E-state index contributed by atoms with van der Waals surface area (Å²) in [6.07, 6.45) is 11.9. The minimum atomic E-state index is -4.23. The quantitative estimate of drug-likeness (QED) is 0.164. The average Bonchev–Trinajstić information content (AvgIpc) is 2.47. The Hall–Kier alpha value is -0.290. The molecule has 0 radical (unpaired) electrons. The van der Waals surface area contributed by atoms with E-state index in [-0.39, 0.29) is 6.61 Å². The fraction of sp³-hybridized carbons (Fsp3) is 1.00. The number of aliphatic hydroxyl groups is 3. The van der Waals surface area contributed by atoms with Crippen molar-refractivity contribution in [1.29, 1.82) is 0 Å². The molecule has 0 amide bonds. The van der Waals surface area contributed by atoms with Gasteiger partial charge in [-0.2, -0.15) is 8.42 Å². The maximum Gasteiger partial charge on any atom is 0.397 e. The van der Waals surface area contributed by atoms with Gasteiger partial charge in [-0.3, -0.25) is 4.55 Å². The van der Waals surface area contributed by atoms with Gasteiger partial charge in [0.25, 0.3) is 0 Å². The third-order valence-electron chi connectivity index (χ3n) is 4.37. The zero-order valence-electron chi connectivity index (χ0n) is 20.1. The molecule has 0 aromatic carbocycles. The van der Waals surface area contributed by atoms with Gasteiger partial charge in [0.2, 0.25) is 0 Å². The van der Waals surface area contributed by atoms with Gasteiger partial charge >= 0.3 is 10.4 Å². The lowest BCUT2D eigenvalue weighted by Crippen LogP contribution is -2.64. The largest absolute Gasteiger partial charge is 0.397 e. The van der Waals surface area contributed by atoms with E-state index in [2.05, 4.69) is 11.1 Å². The highest BCUT2D eigenvalue weighted by molar-refractivity contribution is 7.80. The summed E-state index contributed by atoms with van der Waals surface area (Å²) in [6.45, 7) is 11.4. The summed E-state index contributed by atoms with van der Waals surface area (Å²) >= 11 is 0. The lowest BCUT2D eigenvalue weighted by atomic mass is 10.1. The van der Waals surface area contributed by atoms with Crippen LogP contribution in [0.15, 0.2) is 0 Å². The van der Waals surface area contributed by atoms with E-state index in [0.717, 1.165) is 12.8 Å². The molecule has 0 fully saturated rings. The molecule has 30 heavy (non-hydrogen) atoms. The van der Waals surface area contributed by atoms with Gasteiger partial charge in [-0.25, -0.2) is 9.08 Å². The molecule has 9 heteroatoms. The molecule has 0 aliphatic carbocycles. The minimum Gasteiger partial charge on any atom is -0.376 e. The number of hydrogen-bond donors (Lipinski definition) is 4. The number of unbranched alkanes of at least 4 members (excludes halogenated alkanes) is 9. The third-order valence-corrected chi connectivity index (χ3v) is 4.84. The van der Waals surface area contributed by atoms with Crippen LogP contribution in [0.2, 0.25) is 0 Å². The first-order valence-electron chi connectivity index (χ1n) is 11.0. The van der Waals surface area contributed by atoms with E-state index in [1.807, 2.05) is 0 Å². The molecule has 0 aromatic heterocycles. The van der Waals surface area contributed by atoms with Gasteiger partial charge in [-0.15, -0.1) is 0 Å². The smallest absolute Gasteiger partial charge is 0.376 e. The normalized spacial score (nSPS) is 13.3. The molecule has 0 unspecified atom stereocenters. The second-order valence-electron chi connectivity index (χ2n) is 9.25. The van der Waals surface area contributed by atoms with Crippen LogP contribution < -0.4 is 0 Å². The summed E-state index contributed by atoms with van der Waals surface area (Å²) in [7, 11) is -4.23. The molecule has 0 heterocycles. The van der Waals surface area contributed by atoms with E-state index in [9.17, 15) is 23.7 Å². The number of rotatable bonds is 15. The van der Waals surface area contributed by atoms with Gasteiger partial charge in [0, 0.05) is 0 Å². The molecule has 0 atom stereocenters. The van der Waals surface area contributed by atoms with Crippen LogP contribution in [0.25, 0.3) is 0 Å². The molecule has 0 aromatic rings. The maximum atomic E-state index is 10.2. The Morgan fingerprint density at radius 2 is 0.967 bits per heavy atom. The van der Waals surface area contributed by atoms with Gasteiger partial charge in [-0.1, -0.05) is 64.7 Å². The fourth-order valence-corrected chi connectivity index (χ4v) is 4.09. The van der Waals surface area contributed by atoms with Crippen molar-refractivity contribution in [2.24, 2.45) is 0 Å². The molecule has 0 rings (SSSR count). The topological polar surface area (TPSA) is 128 Å². The second-order valence-corrected chi connectivity index (χ2v) is 10.3. The third kappa shape index (κ3) is 19.7. The van der Waals surface area contributed by atoms with Crippen LogP contribution in [0.4, 0.5) is 0 Å². The van der Waals surface area contributed by atoms with Crippen LogP contribution in [0.5, 0.6) is 0 Å². The van der Waals surface area contributed by atoms with E-state index < -0.39 is 27.6 Å². The summed E-state index contributed by atoms with van der Waals surface area (Å²) in [5.74, 6) is 0. The Balaban J connectivity index is 0. The van der Waals surface area contributed by atoms with Gasteiger partial charge in [0.05, 0.1) is 6.61 Å². The van der Waals surface area contributed by atoms with Crippen molar-refractivity contribution in [3.63, 3.8) is 0 Å². The van der Waals surface area contributed by atoms with Gasteiger partial charge in [0.1, 0.15) is 17.2 Å². The Labute approximate surface area is 184 Å². The molecular weight excluding hydrogens is 410 g/mol. The molecular formula is C21H47NO7S. The van der Waals surface area contributed by atoms with Gasteiger partial charge in [-0.05, 0) is 48.0 Å². The van der Waals surface area contributed by atoms with Crippen LogP contribution in [-0.2, 0) is 14.6 Å². The van der Waals surface area contributed by atoms with E-state index >= 15 is 0 Å². The molecule has 8 nitrogen and oxygen atoms in total. The Morgan fingerprint density at radius 3 is 1.20 bits per heavy atom. The highest BCUT2D eigenvalue weighted by Gasteiger charge is 2.43. The molecule has 184 valence electrons. The molecule has 0 bridgehead atoms. The highest BCUT2D eigenvalue weighted by Crippen LogP contribution is 2.29. The summed E-state index contributed by atoms with van der Waals surface area (Å²) < 4.78 is 33.0. The van der Waals surface area contributed by atoms with E-state index in [1.54, 1.807) is 0 Å². The van der Waals surface area contributed by atoms with Crippen LogP contribution in [0.1, 0.15) is 113 Å². The van der Waals surface area contributed by atoms with E-state index in [1.165, 1.54) is 91.4 Å². The van der Waals surface area contributed by atoms with Crippen molar-refractivity contribution < 1.29 is 32.5 Å². The first-order valence-corrected chi connectivity index (χ1v) is 12.4. The van der Waals surface area contributed by atoms with E-state index in [0.29, 0.717) is 6.42 Å². The molecule has 0 saturated heterocycles. The van der Waals surface area contributed by atoms with Crippen molar-refractivity contribution >= 4 is 10.4 Å². The first kappa shape index (κ1) is 31.9. The standard InChI is InChI=1S/C12H26O4S.C9H21NO3/c1-2-3-4-5-6-7-8-9-10-11-12-16-17(13,14)15;1-7(2,11)10(8(3,4)12)9(5,6)13/h2-12H2,1H3,(H,13,14,15);11-13H,1-6H3. The van der Waals surface area contributed by atoms with Crippen molar-refractivity contribution in [3.8, 4) is 0 Å². The zero-order valence-corrected chi connectivity index (χ0v) is 21.0. The predicted octanol–water partition coefficient (Wildman–Crippen LogP) is 4.20. The SMILES string of the molecule is CC(C)(O)N(C(C)(C)O)C(C)(C)O.CCCCCCCCCCCCOS(=O)(=O)O. The van der Waals surface area contributed by atoms with Crippen LogP contribution in [-0.4, -0.2) is 57.0 Å². The molecule has 0 aliphatic rings. The zero-order chi connectivity index (χ0) is 24.1. The highest BCUT2D eigenvalue weighted by atomic mass is 32.3. The minimum absolute atomic E-state index is 0.0926. The van der Waals surface area contributed by atoms with Gasteiger partial charge < -0.3 is 15.3 Å². The van der Waals surface area contributed by atoms with Crippen molar-refractivity contribution in [3.05, 3.63) is 0 Å².